The van der Waals surface area contributed by atoms with E-state index in [9.17, 15) is 5.11 Å². The Balaban J connectivity index is 2.06. The lowest BCUT2D eigenvalue weighted by Crippen LogP contribution is -2.30. The Kier molecular flexibility index (Phi) is 4.30. The predicted molar refractivity (Wildman–Crippen MR) is 85.3 cm³/mol. The maximum atomic E-state index is 10.6. The fourth-order valence-corrected chi connectivity index (χ4v) is 2.07. The monoisotopic (exact) mass is 270 g/mol. The minimum Gasteiger partial charge on any atom is -0.384 e. The maximum absolute atomic E-state index is 10.6. The van der Waals surface area contributed by atoms with Crippen molar-refractivity contribution in [2.75, 3.05) is 30.9 Å². The highest BCUT2D eigenvalue weighted by atomic mass is 16.3. The van der Waals surface area contributed by atoms with Gasteiger partial charge in [-0.15, -0.1) is 0 Å². The van der Waals surface area contributed by atoms with E-state index in [4.69, 9.17) is 0 Å². The minimum absolute atomic E-state index is 0.466. The molecule has 3 heteroatoms. The Labute approximate surface area is 120 Å². The topological polar surface area (TPSA) is 35.5 Å². The van der Waals surface area contributed by atoms with Crippen LogP contribution in [0.15, 0.2) is 54.6 Å². The fraction of sp³-hybridized carbons (Fsp3) is 0.294. The number of hydrogen-bond acceptors (Lipinski definition) is 3. The summed E-state index contributed by atoms with van der Waals surface area (Å²) in [5, 5.41) is 13.9. The molecule has 0 aliphatic carbocycles. The van der Waals surface area contributed by atoms with Gasteiger partial charge in [-0.2, -0.15) is 0 Å². The Morgan fingerprint density at radius 2 is 1.75 bits per heavy atom. The van der Waals surface area contributed by atoms with E-state index in [-0.39, 0.29) is 0 Å². The lowest BCUT2D eigenvalue weighted by molar-refractivity contribution is 0.0715. The Morgan fingerprint density at radius 3 is 2.40 bits per heavy atom. The summed E-state index contributed by atoms with van der Waals surface area (Å²) in [4.78, 5) is 2.06. The lowest BCUT2D eigenvalue weighted by Gasteiger charge is -2.25. The fourth-order valence-electron chi connectivity index (χ4n) is 2.07. The first-order chi connectivity index (χ1) is 9.49. The van der Waals surface area contributed by atoms with Crippen LogP contribution in [0.25, 0.3) is 0 Å². The van der Waals surface area contributed by atoms with Crippen molar-refractivity contribution >= 4 is 11.4 Å². The summed E-state index contributed by atoms with van der Waals surface area (Å²) >= 11 is 0. The molecule has 2 rings (SSSR count). The van der Waals surface area contributed by atoms with Gasteiger partial charge in [0.1, 0.15) is 5.60 Å². The zero-order valence-corrected chi connectivity index (χ0v) is 12.3. The molecule has 0 aromatic heterocycles. The van der Waals surface area contributed by atoms with Crippen molar-refractivity contribution in [1.29, 1.82) is 0 Å². The van der Waals surface area contributed by atoms with Crippen LogP contribution in [0, 0.1) is 0 Å². The molecule has 2 N–H and O–H groups in total. The van der Waals surface area contributed by atoms with Crippen LogP contribution in [-0.2, 0) is 5.60 Å². The van der Waals surface area contributed by atoms with Crippen LogP contribution in [0.5, 0.6) is 0 Å². The van der Waals surface area contributed by atoms with Gasteiger partial charge in [0.25, 0.3) is 0 Å². The molecule has 2 aromatic rings. The summed E-state index contributed by atoms with van der Waals surface area (Å²) in [5.41, 5.74) is 2.16. The Hall–Kier alpha value is -2.00. The number of nitrogens with one attached hydrogen (secondary N) is 1. The second-order valence-electron chi connectivity index (χ2n) is 5.44. The van der Waals surface area contributed by atoms with Crippen LogP contribution in [-0.4, -0.2) is 25.7 Å². The molecule has 0 saturated carbocycles. The molecule has 20 heavy (non-hydrogen) atoms. The largest absolute Gasteiger partial charge is 0.384 e. The van der Waals surface area contributed by atoms with Crippen LogP contribution < -0.4 is 10.2 Å². The third kappa shape index (κ3) is 3.52. The number of rotatable bonds is 5. The SMILES string of the molecule is CN(C)c1cccc(NCC(C)(O)c2ccccc2)c1. The smallest absolute Gasteiger partial charge is 0.104 e. The molecule has 3 nitrogen and oxygen atoms in total. The Morgan fingerprint density at radius 1 is 1.05 bits per heavy atom. The first kappa shape index (κ1) is 14.4. The zero-order chi connectivity index (χ0) is 14.6. The van der Waals surface area contributed by atoms with Gasteiger partial charge in [0.2, 0.25) is 0 Å². The summed E-state index contributed by atoms with van der Waals surface area (Å²) < 4.78 is 0. The molecule has 0 aliphatic heterocycles. The van der Waals surface area contributed by atoms with Gasteiger partial charge in [0.15, 0.2) is 0 Å². The lowest BCUT2D eigenvalue weighted by atomic mass is 9.96. The van der Waals surface area contributed by atoms with Crippen LogP contribution in [0.1, 0.15) is 12.5 Å². The molecular weight excluding hydrogens is 248 g/mol. The van der Waals surface area contributed by atoms with Gasteiger partial charge >= 0.3 is 0 Å². The molecule has 0 spiro atoms. The van der Waals surface area contributed by atoms with Crippen molar-refractivity contribution in [2.24, 2.45) is 0 Å². The summed E-state index contributed by atoms with van der Waals surface area (Å²) in [5.74, 6) is 0. The first-order valence-corrected chi connectivity index (χ1v) is 6.78. The number of benzene rings is 2. The van der Waals surface area contributed by atoms with Gasteiger partial charge in [0.05, 0.1) is 0 Å². The van der Waals surface area contributed by atoms with Gasteiger partial charge in [0, 0.05) is 32.0 Å². The van der Waals surface area contributed by atoms with E-state index in [0.717, 1.165) is 16.9 Å². The zero-order valence-electron chi connectivity index (χ0n) is 12.3. The summed E-state index contributed by atoms with van der Waals surface area (Å²) in [6, 6.07) is 17.9. The average molecular weight is 270 g/mol. The van der Waals surface area contributed by atoms with Gasteiger partial charge in [-0.1, -0.05) is 36.4 Å². The standard InChI is InChI=1S/C17H22N2O/c1-17(20,14-8-5-4-6-9-14)13-18-15-10-7-11-16(12-15)19(2)3/h4-12,18,20H,13H2,1-3H3. The van der Waals surface area contributed by atoms with Gasteiger partial charge in [-0.05, 0) is 30.7 Å². The third-order valence-corrected chi connectivity index (χ3v) is 3.39. The van der Waals surface area contributed by atoms with E-state index >= 15 is 0 Å². The second kappa shape index (κ2) is 5.97. The molecule has 0 heterocycles. The van der Waals surface area contributed by atoms with Gasteiger partial charge in [-0.3, -0.25) is 0 Å². The first-order valence-electron chi connectivity index (χ1n) is 6.78. The van der Waals surface area contributed by atoms with E-state index in [1.807, 2.05) is 63.5 Å². The molecule has 0 radical (unpaired) electrons. The normalized spacial score (nSPS) is 13.6. The molecule has 1 unspecified atom stereocenters. The molecule has 0 aliphatic rings. The van der Waals surface area contributed by atoms with E-state index < -0.39 is 5.60 Å². The number of aliphatic hydroxyl groups is 1. The van der Waals surface area contributed by atoms with Crippen molar-refractivity contribution in [3.05, 3.63) is 60.2 Å². The highest BCUT2D eigenvalue weighted by Crippen LogP contribution is 2.22. The second-order valence-corrected chi connectivity index (χ2v) is 5.44. The van der Waals surface area contributed by atoms with E-state index in [1.165, 1.54) is 0 Å². The molecule has 0 fully saturated rings. The molecule has 2 aromatic carbocycles. The van der Waals surface area contributed by atoms with Crippen molar-refractivity contribution in [1.82, 2.24) is 0 Å². The molecule has 0 bridgehead atoms. The van der Waals surface area contributed by atoms with E-state index in [1.54, 1.807) is 0 Å². The Bertz CT molecular complexity index is 550. The molecule has 0 saturated heterocycles. The quantitative estimate of drug-likeness (QED) is 0.876. The number of hydrogen-bond donors (Lipinski definition) is 2. The van der Waals surface area contributed by atoms with Crippen molar-refractivity contribution < 1.29 is 5.11 Å². The van der Waals surface area contributed by atoms with E-state index in [2.05, 4.69) is 22.3 Å². The van der Waals surface area contributed by atoms with Crippen molar-refractivity contribution in [3.8, 4) is 0 Å². The van der Waals surface area contributed by atoms with Crippen LogP contribution in [0.4, 0.5) is 11.4 Å². The van der Waals surface area contributed by atoms with Crippen LogP contribution >= 0.6 is 0 Å². The molecular formula is C17H22N2O. The maximum Gasteiger partial charge on any atom is 0.104 e. The summed E-state index contributed by atoms with van der Waals surface area (Å²) in [6.45, 7) is 2.29. The van der Waals surface area contributed by atoms with Crippen LogP contribution in [0.2, 0.25) is 0 Å². The predicted octanol–water partition coefficient (Wildman–Crippen LogP) is 3.07. The highest BCUT2D eigenvalue weighted by Gasteiger charge is 2.22. The van der Waals surface area contributed by atoms with Gasteiger partial charge in [-0.25, -0.2) is 0 Å². The van der Waals surface area contributed by atoms with E-state index in [0.29, 0.717) is 6.54 Å². The highest BCUT2D eigenvalue weighted by molar-refractivity contribution is 5.57. The number of anilines is 2. The molecule has 1 atom stereocenters. The van der Waals surface area contributed by atoms with Gasteiger partial charge < -0.3 is 15.3 Å². The minimum atomic E-state index is -0.893. The molecule has 0 amide bonds. The summed E-state index contributed by atoms with van der Waals surface area (Å²) in [7, 11) is 4.03. The van der Waals surface area contributed by atoms with Crippen molar-refractivity contribution in [2.45, 2.75) is 12.5 Å². The number of nitrogens with zero attached hydrogens (tertiary/aromatic N) is 1. The summed E-state index contributed by atoms with van der Waals surface area (Å²) in [6.07, 6.45) is 0. The van der Waals surface area contributed by atoms with Crippen molar-refractivity contribution in [3.63, 3.8) is 0 Å². The molecule has 106 valence electrons. The van der Waals surface area contributed by atoms with Crippen LogP contribution in [0.3, 0.4) is 0 Å². The third-order valence-electron chi connectivity index (χ3n) is 3.39. The average Bonchev–Trinajstić information content (AvgIpc) is 2.46.